The van der Waals surface area contributed by atoms with Gasteiger partial charge in [0.15, 0.2) is 0 Å². The van der Waals surface area contributed by atoms with Crippen LogP contribution in [-0.2, 0) is 0 Å². The first-order valence-corrected chi connectivity index (χ1v) is 5.31. The third kappa shape index (κ3) is 2.55. The Bertz CT molecular complexity index is 356. The molecule has 2 nitrogen and oxygen atoms in total. The minimum absolute atomic E-state index is 0.191. The van der Waals surface area contributed by atoms with Gasteiger partial charge in [-0.05, 0) is 31.0 Å². The molecule has 3 heteroatoms. The van der Waals surface area contributed by atoms with Crippen molar-refractivity contribution in [2.75, 3.05) is 6.54 Å². The fourth-order valence-corrected chi connectivity index (χ4v) is 1.74. The van der Waals surface area contributed by atoms with Gasteiger partial charge in [-0.25, -0.2) is 4.39 Å². The quantitative estimate of drug-likeness (QED) is 0.790. The first-order valence-electron chi connectivity index (χ1n) is 5.31. The van der Waals surface area contributed by atoms with Gasteiger partial charge in [0.25, 0.3) is 0 Å². The van der Waals surface area contributed by atoms with Crippen LogP contribution < -0.4 is 5.32 Å². The maximum atomic E-state index is 12.7. The lowest BCUT2D eigenvalue weighted by molar-refractivity contribution is 0.624. The van der Waals surface area contributed by atoms with Crippen molar-refractivity contribution < 1.29 is 4.39 Å². The van der Waals surface area contributed by atoms with Crippen LogP contribution in [0.25, 0.3) is 0 Å². The molecule has 0 unspecified atom stereocenters. The second kappa shape index (κ2) is 4.43. The molecule has 0 saturated heterocycles. The number of benzene rings is 1. The topological polar surface area (TPSA) is 24.4 Å². The van der Waals surface area contributed by atoms with Crippen molar-refractivity contribution in [2.45, 2.75) is 25.8 Å². The molecular formula is C12H15FN2. The first-order chi connectivity index (χ1) is 7.25. The Morgan fingerprint density at radius 3 is 2.67 bits per heavy atom. The molecule has 1 aromatic rings. The summed E-state index contributed by atoms with van der Waals surface area (Å²) in [5, 5.41) is 3.34. The predicted molar refractivity (Wildman–Crippen MR) is 59.5 cm³/mol. The summed E-state index contributed by atoms with van der Waals surface area (Å²) in [7, 11) is 0. The second-order valence-corrected chi connectivity index (χ2v) is 3.85. The van der Waals surface area contributed by atoms with E-state index in [-0.39, 0.29) is 11.9 Å². The van der Waals surface area contributed by atoms with Crippen LogP contribution in [0.2, 0.25) is 0 Å². The molecule has 1 aliphatic rings. The number of aliphatic imine (C=N–C) groups is 1. The zero-order valence-corrected chi connectivity index (χ0v) is 8.83. The number of hydrogen-bond acceptors (Lipinski definition) is 2. The minimum Gasteiger partial charge on any atom is -0.367 e. The van der Waals surface area contributed by atoms with Gasteiger partial charge in [0.05, 0.1) is 5.84 Å². The molecule has 1 heterocycles. The van der Waals surface area contributed by atoms with Gasteiger partial charge in [0.1, 0.15) is 5.82 Å². The average molecular weight is 206 g/mol. The minimum atomic E-state index is -0.191. The Kier molecular flexibility index (Phi) is 2.99. The smallest absolute Gasteiger partial charge is 0.123 e. The zero-order chi connectivity index (χ0) is 10.7. The highest BCUT2D eigenvalue weighted by atomic mass is 19.1. The molecule has 0 bridgehead atoms. The summed E-state index contributed by atoms with van der Waals surface area (Å²) in [6, 6.07) is 6.79. The van der Waals surface area contributed by atoms with E-state index < -0.39 is 0 Å². The maximum Gasteiger partial charge on any atom is 0.123 e. The van der Waals surface area contributed by atoms with Gasteiger partial charge in [-0.2, -0.15) is 0 Å². The van der Waals surface area contributed by atoms with Crippen molar-refractivity contribution in [3.05, 3.63) is 35.6 Å². The van der Waals surface area contributed by atoms with Crippen LogP contribution in [0.15, 0.2) is 29.3 Å². The molecule has 0 radical (unpaired) electrons. The van der Waals surface area contributed by atoms with Crippen LogP contribution in [0, 0.1) is 5.82 Å². The molecule has 1 atom stereocenters. The van der Waals surface area contributed by atoms with Crippen molar-refractivity contribution in [3.63, 3.8) is 0 Å². The van der Waals surface area contributed by atoms with Crippen molar-refractivity contribution >= 4 is 5.84 Å². The number of amidine groups is 1. The Balaban J connectivity index is 2.00. The predicted octanol–water partition coefficient (Wildman–Crippen LogP) is 2.67. The van der Waals surface area contributed by atoms with Crippen molar-refractivity contribution in [3.8, 4) is 0 Å². The Hall–Kier alpha value is -1.38. The fourth-order valence-electron chi connectivity index (χ4n) is 1.74. The van der Waals surface area contributed by atoms with Gasteiger partial charge in [0.2, 0.25) is 0 Å². The number of nitrogens with zero attached hydrogens (tertiary/aromatic N) is 1. The summed E-state index contributed by atoms with van der Waals surface area (Å²) < 4.78 is 12.7. The first kappa shape index (κ1) is 10.1. The Labute approximate surface area is 89.2 Å². The molecule has 0 saturated carbocycles. The summed E-state index contributed by atoms with van der Waals surface area (Å²) in [5.41, 5.74) is 1.09. The number of rotatable bonds is 2. The van der Waals surface area contributed by atoms with E-state index in [0.717, 1.165) is 30.8 Å². The summed E-state index contributed by atoms with van der Waals surface area (Å²) >= 11 is 0. The summed E-state index contributed by atoms with van der Waals surface area (Å²) in [4.78, 5) is 4.35. The highest BCUT2D eigenvalue weighted by Crippen LogP contribution is 2.14. The van der Waals surface area contributed by atoms with Gasteiger partial charge in [-0.1, -0.05) is 12.1 Å². The van der Waals surface area contributed by atoms with Crippen molar-refractivity contribution in [2.24, 2.45) is 4.99 Å². The SMILES string of the molecule is C[C@H](NC1=NCCC1)c1ccc(F)cc1. The molecule has 0 spiro atoms. The van der Waals surface area contributed by atoms with Crippen LogP contribution in [0.3, 0.4) is 0 Å². The normalized spacial score (nSPS) is 17.3. The van der Waals surface area contributed by atoms with Gasteiger partial charge in [0, 0.05) is 19.0 Å². The van der Waals surface area contributed by atoms with Crippen LogP contribution in [-0.4, -0.2) is 12.4 Å². The van der Waals surface area contributed by atoms with Gasteiger partial charge >= 0.3 is 0 Å². The molecule has 1 aromatic carbocycles. The summed E-state index contributed by atoms with van der Waals surface area (Å²) in [6.45, 7) is 2.99. The van der Waals surface area contributed by atoms with Crippen molar-refractivity contribution in [1.82, 2.24) is 5.32 Å². The lowest BCUT2D eigenvalue weighted by Crippen LogP contribution is -2.24. The third-order valence-electron chi connectivity index (χ3n) is 2.63. The molecule has 1 aliphatic heterocycles. The summed E-state index contributed by atoms with van der Waals surface area (Å²) in [5.74, 6) is 0.885. The van der Waals surface area contributed by atoms with Gasteiger partial charge < -0.3 is 5.32 Å². The maximum absolute atomic E-state index is 12.7. The Morgan fingerprint density at radius 2 is 2.07 bits per heavy atom. The third-order valence-corrected chi connectivity index (χ3v) is 2.63. The van der Waals surface area contributed by atoms with Gasteiger partial charge in [-0.3, -0.25) is 4.99 Å². The van der Waals surface area contributed by atoms with E-state index in [2.05, 4.69) is 17.2 Å². The molecule has 2 rings (SSSR count). The average Bonchev–Trinajstić information content (AvgIpc) is 2.71. The highest BCUT2D eigenvalue weighted by Gasteiger charge is 2.10. The van der Waals surface area contributed by atoms with Crippen LogP contribution >= 0.6 is 0 Å². The molecule has 80 valence electrons. The monoisotopic (exact) mass is 206 g/mol. The van der Waals surface area contributed by atoms with Crippen LogP contribution in [0.5, 0.6) is 0 Å². The molecule has 1 N–H and O–H groups in total. The Morgan fingerprint density at radius 1 is 1.33 bits per heavy atom. The molecule has 0 amide bonds. The molecule has 0 aliphatic carbocycles. The zero-order valence-electron chi connectivity index (χ0n) is 8.83. The number of nitrogens with one attached hydrogen (secondary N) is 1. The van der Waals surface area contributed by atoms with E-state index in [9.17, 15) is 4.39 Å². The highest BCUT2D eigenvalue weighted by molar-refractivity contribution is 5.83. The number of hydrogen-bond donors (Lipinski definition) is 1. The van der Waals surface area contributed by atoms with E-state index in [0.29, 0.717) is 0 Å². The van der Waals surface area contributed by atoms with E-state index in [1.165, 1.54) is 12.1 Å². The van der Waals surface area contributed by atoms with E-state index in [1.807, 2.05) is 12.1 Å². The number of halogens is 1. The molecule has 0 fully saturated rings. The molecule has 0 aromatic heterocycles. The standard InChI is InChI=1S/C12H15FN2/c1-9(15-12-3-2-8-14-12)10-4-6-11(13)7-5-10/h4-7,9H,2-3,8H2,1H3,(H,14,15)/t9-/m0/s1. The van der Waals surface area contributed by atoms with E-state index in [4.69, 9.17) is 0 Å². The lowest BCUT2D eigenvalue weighted by atomic mass is 10.1. The van der Waals surface area contributed by atoms with Gasteiger partial charge in [-0.15, -0.1) is 0 Å². The molecule has 15 heavy (non-hydrogen) atoms. The van der Waals surface area contributed by atoms with E-state index in [1.54, 1.807) is 0 Å². The van der Waals surface area contributed by atoms with Crippen molar-refractivity contribution in [1.29, 1.82) is 0 Å². The lowest BCUT2D eigenvalue weighted by Gasteiger charge is -2.15. The van der Waals surface area contributed by atoms with Crippen LogP contribution in [0.1, 0.15) is 31.4 Å². The molecular weight excluding hydrogens is 191 g/mol. The fraction of sp³-hybridized carbons (Fsp3) is 0.417. The largest absolute Gasteiger partial charge is 0.367 e. The summed E-state index contributed by atoms with van der Waals surface area (Å²) in [6.07, 6.45) is 2.17. The van der Waals surface area contributed by atoms with E-state index >= 15 is 0 Å². The second-order valence-electron chi connectivity index (χ2n) is 3.85. The van der Waals surface area contributed by atoms with Crippen LogP contribution in [0.4, 0.5) is 4.39 Å².